The van der Waals surface area contributed by atoms with Gasteiger partial charge in [0.05, 0.1) is 5.69 Å². The zero-order chi connectivity index (χ0) is 6.69. The second-order valence-corrected chi connectivity index (χ2v) is 1.54. The third-order valence-electron chi connectivity index (χ3n) is 0.919. The highest BCUT2D eigenvalue weighted by atomic mass is 16.3. The third kappa shape index (κ3) is 0.729. The van der Waals surface area contributed by atoms with Crippen molar-refractivity contribution in [1.29, 1.82) is 1.43 Å². The Bertz CT molecular complexity index is 202. The molecule has 0 aliphatic heterocycles. The predicted octanol–water partition coefficient (Wildman–Crippen LogP) is 0.974. The molecule has 1 aromatic carbocycles. The van der Waals surface area contributed by atoms with Gasteiger partial charge in [-0.3, -0.25) is 0 Å². The summed E-state index contributed by atoms with van der Waals surface area (Å²) in [5.41, 5.74) is 5.88. The Kier molecular flexibility index (Phi) is 0.821. The molecule has 0 bridgehead atoms. The van der Waals surface area contributed by atoms with Crippen LogP contribution in [0, 0.1) is 0 Å². The summed E-state index contributed by atoms with van der Waals surface area (Å²) in [6.45, 7) is 0. The molecule has 1 rings (SSSR count). The lowest BCUT2D eigenvalue weighted by Gasteiger charge is -1.92. The first-order chi connectivity index (χ1) is 4.34. The van der Waals surface area contributed by atoms with Gasteiger partial charge < -0.3 is 10.8 Å². The van der Waals surface area contributed by atoms with E-state index < -0.39 is 0 Å². The number of aromatic hydroxyl groups is 1. The van der Waals surface area contributed by atoms with Gasteiger partial charge in [0.2, 0.25) is 0 Å². The summed E-state index contributed by atoms with van der Waals surface area (Å²) in [5.74, 6) is 0.400. The highest BCUT2D eigenvalue weighted by Gasteiger charge is 1.87. The van der Waals surface area contributed by atoms with Crippen molar-refractivity contribution in [3.8, 4) is 5.75 Å². The van der Waals surface area contributed by atoms with Gasteiger partial charge in [-0.1, -0.05) is 12.1 Å². The number of phenols is 1. The Labute approximate surface area is 49.1 Å². The summed E-state index contributed by atoms with van der Waals surface area (Å²) >= 11 is 0. The molecule has 0 aliphatic carbocycles. The summed E-state index contributed by atoms with van der Waals surface area (Å²) in [6, 6.07) is 6.88. The zero-order valence-corrected chi connectivity index (χ0v) is 4.29. The van der Waals surface area contributed by atoms with Crippen molar-refractivity contribution in [2.45, 2.75) is 0 Å². The van der Waals surface area contributed by atoms with Crippen LogP contribution in [0.25, 0.3) is 0 Å². The molecule has 0 heterocycles. The number of rotatable bonds is 1. The van der Waals surface area contributed by atoms with Crippen LogP contribution in [0.2, 0.25) is 0 Å². The number of hydrogen-bond donors (Lipinski definition) is 2. The van der Waals surface area contributed by atoms with Crippen LogP contribution in [0.15, 0.2) is 24.3 Å². The summed E-state index contributed by atoms with van der Waals surface area (Å²) < 4.78 is 6.50. The van der Waals surface area contributed by atoms with Crippen molar-refractivity contribution in [3.05, 3.63) is 24.3 Å². The number of nitrogens with two attached hydrogens (primary N) is 1. The number of hydrogen-bond acceptors (Lipinski definition) is 2. The smallest absolute Gasteiger partial charge is 0.293 e. The summed E-state index contributed by atoms with van der Waals surface area (Å²) in [7, 11) is 0. The summed E-state index contributed by atoms with van der Waals surface area (Å²) in [4.78, 5) is 0. The van der Waals surface area contributed by atoms with Crippen molar-refractivity contribution in [2.75, 3.05) is 5.73 Å². The lowest BCUT2D eigenvalue weighted by molar-refractivity contribution is 0.478. The molecular formula is C6H7NO. The van der Waals surface area contributed by atoms with E-state index in [1.807, 2.05) is 0 Å². The van der Waals surface area contributed by atoms with Crippen molar-refractivity contribution >= 4 is 5.69 Å². The van der Waals surface area contributed by atoms with Crippen LogP contribution in [0.3, 0.4) is 0 Å². The lowest BCUT2D eigenvalue weighted by Crippen LogP contribution is -1.82. The average Bonchev–Trinajstić information content (AvgIpc) is 1.89. The van der Waals surface area contributed by atoms with Gasteiger partial charge in [0.25, 0.3) is 1.43 Å². The number of phenolic OH excluding ortho intramolecular Hbond substituents is 1. The first-order valence-electron chi connectivity index (χ1n) is 2.73. The highest BCUT2D eigenvalue weighted by Crippen LogP contribution is 2.16. The first-order valence-corrected chi connectivity index (χ1v) is 2.32. The maximum Gasteiger partial charge on any atom is 0.293 e. The topological polar surface area (TPSA) is 46.2 Å². The van der Waals surface area contributed by atoms with Crippen LogP contribution >= 0.6 is 0 Å². The van der Waals surface area contributed by atoms with Gasteiger partial charge in [-0.2, -0.15) is 0 Å². The van der Waals surface area contributed by atoms with Gasteiger partial charge in [-0.15, -0.1) is 0 Å². The van der Waals surface area contributed by atoms with Gasteiger partial charge in [-0.05, 0) is 12.1 Å². The zero-order valence-electron chi connectivity index (χ0n) is 5.29. The molecule has 1 aromatic rings. The fourth-order valence-corrected chi connectivity index (χ4v) is 0.481. The van der Waals surface area contributed by atoms with Crippen molar-refractivity contribution in [2.24, 2.45) is 0 Å². The second kappa shape index (κ2) is 1.74. The average molecular weight is 111 g/mol. The van der Waals surface area contributed by atoms with E-state index in [1.165, 1.54) is 0 Å². The molecule has 0 aliphatic rings. The Hall–Kier alpha value is -1.18. The molecule has 0 radical (unpaired) electrons. The molecular weight excluding hydrogens is 102 g/mol. The van der Waals surface area contributed by atoms with Crippen molar-refractivity contribution < 1.29 is 5.11 Å². The molecule has 0 unspecified atom stereocenters. The largest absolute Gasteiger partial charge is 0.506 e. The van der Waals surface area contributed by atoms with Crippen LogP contribution in [0.5, 0.6) is 5.75 Å². The van der Waals surface area contributed by atoms with Crippen molar-refractivity contribution in [3.63, 3.8) is 0 Å². The molecule has 0 spiro atoms. The molecule has 0 aromatic heterocycles. The van der Waals surface area contributed by atoms with Crippen LogP contribution in [-0.4, -0.2) is 6.54 Å². The summed E-state index contributed by atoms with van der Waals surface area (Å²) in [5, 5.41) is 4.17. The molecule has 0 amide bonds. The molecule has 42 valence electrons. The SMILES string of the molecule is [3H]Oc1ccccc1N. The van der Waals surface area contributed by atoms with E-state index in [1.54, 1.807) is 24.3 Å². The van der Waals surface area contributed by atoms with Gasteiger partial charge in [0.15, 0.2) is 0 Å². The van der Waals surface area contributed by atoms with E-state index in [4.69, 9.17) is 7.16 Å². The minimum Gasteiger partial charge on any atom is -0.506 e. The van der Waals surface area contributed by atoms with Crippen molar-refractivity contribution in [1.82, 2.24) is 0 Å². The van der Waals surface area contributed by atoms with Crippen LogP contribution in [0.4, 0.5) is 5.69 Å². The number of anilines is 1. The number of nitrogen functional groups attached to an aromatic ring is 1. The minimum atomic E-state index is 0.400. The van der Waals surface area contributed by atoms with Crippen LogP contribution in [0.1, 0.15) is 0 Å². The van der Waals surface area contributed by atoms with E-state index in [0.717, 1.165) is 0 Å². The fraction of sp³-hybridized carbons (Fsp3) is 0. The number of benzene rings is 1. The molecule has 3 N–H and O–H groups in total. The quantitative estimate of drug-likeness (QED) is 0.419. The van der Waals surface area contributed by atoms with Gasteiger partial charge in [0.1, 0.15) is 5.75 Å². The molecule has 2 heteroatoms. The third-order valence-corrected chi connectivity index (χ3v) is 0.919. The fourth-order valence-electron chi connectivity index (χ4n) is 0.481. The highest BCUT2D eigenvalue weighted by molar-refractivity contribution is 5.50. The Morgan fingerprint density at radius 1 is 1.50 bits per heavy atom. The molecule has 2 nitrogen and oxygen atoms in total. The van der Waals surface area contributed by atoms with Gasteiger partial charge >= 0.3 is 0 Å². The van der Waals surface area contributed by atoms with E-state index in [-0.39, 0.29) is 0 Å². The number of para-hydroxylation sites is 2. The maximum atomic E-state index is 6.50. The molecule has 0 saturated carbocycles. The van der Waals surface area contributed by atoms with E-state index in [9.17, 15) is 0 Å². The standard InChI is InChI=1S/C6H7NO/c7-5-3-1-2-4-6(5)8/h1-4,8H,7H2/i/hT. The molecule has 0 saturated heterocycles. The van der Waals surface area contributed by atoms with Crippen LogP contribution in [-0.2, 0) is 0 Å². The van der Waals surface area contributed by atoms with Gasteiger partial charge in [0, 0.05) is 0 Å². The second-order valence-electron chi connectivity index (χ2n) is 1.54. The summed E-state index contributed by atoms with van der Waals surface area (Å²) in [6.07, 6.45) is 0. The molecule has 0 fully saturated rings. The Morgan fingerprint density at radius 3 is 2.75 bits per heavy atom. The Morgan fingerprint density at radius 2 is 2.25 bits per heavy atom. The van der Waals surface area contributed by atoms with E-state index >= 15 is 0 Å². The van der Waals surface area contributed by atoms with E-state index in [0.29, 0.717) is 11.4 Å². The Balaban J connectivity index is 3.01. The van der Waals surface area contributed by atoms with E-state index in [2.05, 4.69) is 5.11 Å². The normalized spacial score (nSPS) is 10.2. The van der Waals surface area contributed by atoms with Crippen LogP contribution < -0.4 is 5.73 Å². The predicted molar refractivity (Wildman–Crippen MR) is 32.5 cm³/mol. The maximum absolute atomic E-state index is 6.50. The monoisotopic (exact) mass is 111 g/mol. The first kappa shape index (κ1) is 3.78. The molecule has 0 atom stereocenters. The minimum absolute atomic E-state index is 0.400. The molecule has 8 heavy (non-hydrogen) atoms. The lowest BCUT2D eigenvalue weighted by atomic mass is 10.3. The van der Waals surface area contributed by atoms with Gasteiger partial charge in [-0.25, -0.2) is 0 Å².